The minimum Gasteiger partial charge on any atom is -0.448 e. The molecular weight excluding hydrogens is 419 g/mol. The first kappa shape index (κ1) is 23.0. The zero-order valence-electron chi connectivity index (χ0n) is 17.7. The Hall–Kier alpha value is -1.67. The molecule has 0 saturated carbocycles. The molecule has 30 heavy (non-hydrogen) atoms. The molecule has 1 unspecified atom stereocenters. The third kappa shape index (κ3) is 4.49. The van der Waals surface area contributed by atoms with Crippen LogP contribution in [0, 0.1) is 0 Å². The van der Waals surface area contributed by atoms with Gasteiger partial charge < -0.3 is 14.3 Å². The highest BCUT2D eigenvalue weighted by Crippen LogP contribution is 2.41. The summed E-state index contributed by atoms with van der Waals surface area (Å²) >= 11 is 1.13. The van der Waals surface area contributed by atoms with Crippen molar-refractivity contribution in [3.8, 4) is 0 Å². The van der Waals surface area contributed by atoms with E-state index in [0.29, 0.717) is 0 Å². The van der Waals surface area contributed by atoms with E-state index in [1.54, 1.807) is 0 Å². The summed E-state index contributed by atoms with van der Waals surface area (Å²) in [5, 5.41) is 11.9. The van der Waals surface area contributed by atoms with E-state index < -0.39 is 37.2 Å². The highest BCUT2D eigenvalue weighted by molar-refractivity contribution is 8.00. The van der Waals surface area contributed by atoms with Gasteiger partial charge in [-0.25, -0.2) is 4.39 Å². The molecular formula is C23H29FO4SSi. The van der Waals surface area contributed by atoms with E-state index in [9.17, 15) is 14.3 Å². The van der Waals surface area contributed by atoms with Crippen molar-refractivity contribution < 1.29 is 23.5 Å². The van der Waals surface area contributed by atoms with Gasteiger partial charge in [0.25, 0.3) is 8.32 Å². The summed E-state index contributed by atoms with van der Waals surface area (Å²) in [6.45, 7) is 7.90. The third-order valence-corrected chi connectivity index (χ3v) is 11.8. The molecule has 4 atom stereocenters. The number of rotatable bonds is 6. The van der Waals surface area contributed by atoms with Crippen molar-refractivity contribution >= 4 is 36.4 Å². The van der Waals surface area contributed by atoms with Gasteiger partial charge in [0.2, 0.25) is 0 Å². The van der Waals surface area contributed by atoms with Crippen molar-refractivity contribution in [2.24, 2.45) is 0 Å². The second kappa shape index (κ2) is 9.22. The number of esters is 1. The first-order chi connectivity index (χ1) is 14.2. The minimum atomic E-state index is -2.78. The molecule has 7 heteroatoms. The summed E-state index contributed by atoms with van der Waals surface area (Å²) in [6, 6.07) is 20.3. The van der Waals surface area contributed by atoms with Gasteiger partial charge in [0, 0.05) is 13.5 Å². The van der Waals surface area contributed by atoms with Crippen LogP contribution < -0.4 is 10.4 Å². The molecule has 0 radical (unpaired) electrons. The summed E-state index contributed by atoms with van der Waals surface area (Å²) in [5.74, 6) is -0.559. The van der Waals surface area contributed by atoms with E-state index in [0.717, 1.165) is 22.1 Å². The number of aliphatic hydroxyl groups is 1. The van der Waals surface area contributed by atoms with Gasteiger partial charge in [0.15, 0.2) is 11.6 Å². The molecule has 2 aromatic carbocycles. The Balaban J connectivity index is 1.95. The van der Waals surface area contributed by atoms with Gasteiger partial charge in [-0.05, 0) is 15.4 Å². The third-order valence-electron chi connectivity index (χ3n) is 5.44. The zero-order chi connectivity index (χ0) is 21.9. The molecule has 1 heterocycles. The minimum absolute atomic E-state index is 0.164. The van der Waals surface area contributed by atoms with E-state index in [2.05, 4.69) is 45.0 Å². The van der Waals surface area contributed by atoms with Crippen molar-refractivity contribution in [2.45, 2.75) is 55.7 Å². The van der Waals surface area contributed by atoms with E-state index in [-0.39, 0.29) is 11.6 Å². The normalized spacial score (nSPS) is 24.6. The average Bonchev–Trinajstić information content (AvgIpc) is 2.96. The van der Waals surface area contributed by atoms with E-state index in [4.69, 9.17) is 9.16 Å². The molecule has 4 nitrogen and oxygen atoms in total. The summed E-state index contributed by atoms with van der Waals surface area (Å²) in [4.78, 5) is 11.3. The monoisotopic (exact) mass is 448 g/mol. The predicted octanol–water partition coefficient (Wildman–Crippen LogP) is 3.27. The second-order valence-electron chi connectivity index (χ2n) is 8.56. The number of alkyl halides is 1. The highest BCUT2D eigenvalue weighted by atomic mass is 32.2. The van der Waals surface area contributed by atoms with Crippen LogP contribution in [0.25, 0.3) is 0 Å². The number of carbonyl (C=O) groups is 1. The Labute approximate surface area is 182 Å². The maximum absolute atomic E-state index is 14.5. The zero-order valence-corrected chi connectivity index (χ0v) is 19.6. The molecule has 1 saturated heterocycles. The molecule has 1 aliphatic heterocycles. The largest absolute Gasteiger partial charge is 0.448 e. The van der Waals surface area contributed by atoms with Crippen molar-refractivity contribution in [1.82, 2.24) is 0 Å². The maximum Gasteiger partial charge on any atom is 0.303 e. The molecule has 0 aliphatic carbocycles. The maximum atomic E-state index is 14.5. The van der Waals surface area contributed by atoms with Crippen molar-refractivity contribution in [2.75, 3.05) is 6.61 Å². The van der Waals surface area contributed by atoms with Gasteiger partial charge >= 0.3 is 5.97 Å². The van der Waals surface area contributed by atoms with Gasteiger partial charge in [-0.1, -0.05) is 81.4 Å². The van der Waals surface area contributed by atoms with Gasteiger partial charge in [-0.15, -0.1) is 11.8 Å². The van der Waals surface area contributed by atoms with Gasteiger partial charge in [0.1, 0.15) is 6.10 Å². The molecule has 2 aromatic rings. The molecule has 1 N–H and O–H groups in total. The number of carbonyl (C=O) groups excluding carboxylic acids is 1. The van der Waals surface area contributed by atoms with Crippen molar-refractivity contribution in [3.05, 3.63) is 60.7 Å². The number of benzene rings is 2. The lowest BCUT2D eigenvalue weighted by Crippen LogP contribution is -2.67. The highest BCUT2D eigenvalue weighted by Gasteiger charge is 2.52. The van der Waals surface area contributed by atoms with Crippen LogP contribution in [0.5, 0.6) is 0 Å². The lowest BCUT2D eigenvalue weighted by Gasteiger charge is -2.43. The van der Waals surface area contributed by atoms with Crippen molar-refractivity contribution in [3.63, 3.8) is 0 Å². The fourth-order valence-corrected chi connectivity index (χ4v) is 10.1. The number of aliphatic hydroxyl groups excluding tert-OH is 1. The van der Waals surface area contributed by atoms with Crippen LogP contribution in [0.15, 0.2) is 60.7 Å². The van der Waals surface area contributed by atoms with Crippen LogP contribution in [0.4, 0.5) is 4.39 Å². The molecule has 1 fully saturated rings. The van der Waals surface area contributed by atoms with Gasteiger partial charge in [-0.2, -0.15) is 0 Å². The Morgan fingerprint density at radius 1 is 1.07 bits per heavy atom. The molecule has 0 bridgehead atoms. The molecule has 0 aromatic heterocycles. The fraction of sp³-hybridized carbons (Fsp3) is 0.435. The summed E-state index contributed by atoms with van der Waals surface area (Å²) in [6.07, 6.45) is -2.88. The summed E-state index contributed by atoms with van der Waals surface area (Å²) in [5.41, 5.74) is -1.01. The van der Waals surface area contributed by atoms with Crippen LogP contribution in [0.1, 0.15) is 27.7 Å². The number of hydrogen-bond donors (Lipinski definition) is 1. The number of hydrogen-bond acceptors (Lipinski definition) is 5. The fourth-order valence-electron chi connectivity index (χ4n) is 4.06. The van der Waals surface area contributed by atoms with Crippen LogP contribution >= 0.6 is 11.8 Å². The first-order valence-electron chi connectivity index (χ1n) is 10.1. The number of ether oxygens (including phenoxy) is 1. The topological polar surface area (TPSA) is 55.8 Å². The summed E-state index contributed by atoms with van der Waals surface area (Å²) < 4.78 is 26.3. The van der Waals surface area contributed by atoms with E-state index in [1.165, 1.54) is 6.92 Å². The average molecular weight is 449 g/mol. The molecule has 162 valence electrons. The molecule has 0 amide bonds. The quantitative estimate of drug-likeness (QED) is 0.543. The van der Waals surface area contributed by atoms with Crippen molar-refractivity contribution in [1.29, 1.82) is 0 Å². The van der Waals surface area contributed by atoms with Gasteiger partial charge in [0.05, 0.1) is 5.25 Å². The number of thioether (sulfide) groups is 1. The number of halogens is 1. The van der Waals surface area contributed by atoms with E-state index >= 15 is 0 Å². The Morgan fingerprint density at radius 2 is 1.57 bits per heavy atom. The van der Waals surface area contributed by atoms with Crippen LogP contribution in [-0.2, 0) is 14.0 Å². The lowest BCUT2D eigenvalue weighted by molar-refractivity contribution is -0.145. The Bertz CT molecular complexity index is 804. The Kier molecular flexibility index (Phi) is 7.07. The standard InChI is InChI=1S/C23H29FO4SSi/c1-16(25)28-22-20(24)21(26)19(29-22)15-27-30(23(2,3)4,17-11-7-5-8-12-17)18-13-9-6-10-14-18/h5-14,19-22,26H,15H2,1-4H3/t19-,20+,21-,22?/m1/s1. The molecule has 1 aliphatic rings. The SMILES string of the molecule is CC(=O)OC1S[C@H](CO[Si](c2ccccc2)(c2ccccc2)C(C)(C)C)[C@@H](O)[C@@H]1F. The first-order valence-corrected chi connectivity index (χ1v) is 12.9. The van der Waals surface area contributed by atoms with Crippen LogP contribution in [0.3, 0.4) is 0 Å². The lowest BCUT2D eigenvalue weighted by atomic mass is 10.2. The smallest absolute Gasteiger partial charge is 0.303 e. The predicted molar refractivity (Wildman–Crippen MR) is 121 cm³/mol. The van der Waals surface area contributed by atoms with E-state index in [1.807, 2.05) is 36.4 Å². The molecule has 0 spiro atoms. The van der Waals surface area contributed by atoms with Crippen LogP contribution in [0.2, 0.25) is 5.04 Å². The van der Waals surface area contributed by atoms with Gasteiger partial charge in [-0.3, -0.25) is 4.79 Å². The Morgan fingerprint density at radius 3 is 2.00 bits per heavy atom. The summed E-state index contributed by atoms with van der Waals surface area (Å²) in [7, 11) is -2.78. The molecule has 3 rings (SSSR count). The second-order valence-corrected chi connectivity index (χ2v) is 14.2. The van der Waals surface area contributed by atoms with Crippen LogP contribution in [-0.4, -0.2) is 49.0 Å².